The van der Waals surface area contributed by atoms with Crippen molar-refractivity contribution in [1.82, 2.24) is 14.8 Å². The fourth-order valence-electron chi connectivity index (χ4n) is 3.73. The largest absolute Gasteiger partial charge is 0.497 e. The number of piperazine rings is 1. The van der Waals surface area contributed by atoms with Crippen molar-refractivity contribution in [2.45, 2.75) is 25.8 Å². The zero-order valence-corrected chi connectivity index (χ0v) is 16.7. The number of fused-ring (bicyclic) bond motifs is 1. The molecule has 1 aromatic carbocycles. The van der Waals surface area contributed by atoms with E-state index < -0.39 is 0 Å². The van der Waals surface area contributed by atoms with Gasteiger partial charge < -0.3 is 14.4 Å². The van der Waals surface area contributed by atoms with Crippen LogP contribution in [-0.4, -0.2) is 61.1 Å². The Labute approximate surface area is 163 Å². The van der Waals surface area contributed by atoms with E-state index in [9.17, 15) is 4.79 Å². The third-order valence-corrected chi connectivity index (χ3v) is 6.40. The van der Waals surface area contributed by atoms with E-state index in [0.29, 0.717) is 17.1 Å². The predicted molar refractivity (Wildman–Crippen MR) is 105 cm³/mol. The smallest absolute Gasteiger partial charge is 0.254 e. The van der Waals surface area contributed by atoms with Crippen LogP contribution < -0.4 is 9.47 Å². The first kappa shape index (κ1) is 18.3. The molecule has 0 atom stereocenters. The Balaban J connectivity index is 1.36. The van der Waals surface area contributed by atoms with Gasteiger partial charge in [-0.05, 0) is 31.4 Å². The number of methoxy groups -OCH3 is 2. The van der Waals surface area contributed by atoms with Crippen LogP contribution in [0.5, 0.6) is 11.5 Å². The minimum Gasteiger partial charge on any atom is -0.497 e. The lowest BCUT2D eigenvalue weighted by Gasteiger charge is -2.34. The van der Waals surface area contributed by atoms with Gasteiger partial charge in [0.05, 0.1) is 26.5 Å². The van der Waals surface area contributed by atoms with Crippen molar-refractivity contribution in [1.29, 1.82) is 0 Å². The number of rotatable bonds is 5. The van der Waals surface area contributed by atoms with Crippen LogP contribution in [-0.2, 0) is 19.4 Å². The van der Waals surface area contributed by atoms with Gasteiger partial charge in [0, 0.05) is 42.7 Å². The summed E-state index contributed by atoms with van der Waals surface area (Å²) in [7, 11) is 3.19. The monoisotopic (exact) mass is 387 g/mol. The van der Waals surface area contributed by atoms with E-state index in [-0.39, 0.29) is 5.91 Å². The Morgan fingerprint density at radius 3 is 2.41 bits per heavy atom. The Hall–Kier alpha value is -2.12. The number of amides is 1. The zero-order valence-electron chi connectivity index (χ0n) is 15.9. The van der Waals surface area contributed by atoms with E-state index in [1.807, 2.05) is 16.2 Å². The molecule has 1 aromatic heterocycles. The van der Waals surface area contributed by atoms with Gasteiger partial charge in [-0.2, -0.15) is 0 Å². The molecule has 6 nitrogen and oxygen atoms in total. The lowest BCUT2D eigenvalue weighted by atomic mass is 10.1. The average Bonchev–Trinajstić information content (AvgIpc) is 3.29. The first-order valence-electron chi connectivity index (χ1n) is 9.38. The summed E-state index contributed by atoms with van der Waals surface area (Å²) in [6, 6.07) is 5.32. The predicted octanol–water partition coefficient (Wildman–Crippen LogP) is 2.61. The number of hydrogen-bond donors (Lipinski definition) is 0. The van der Waals surface area contributed by atoms with Gasteiger partial charge in [-0.25, -0.2) is 4.98 Å². The molecule has 2 heterocycles. The molecule has 27 heavy (non-hydrogen) atoms. The minimum absolute atomic E-state index is 0.0278. The first-order chi connectivity index (χ1) is 13.2. The molecule has 7 heteroatoms. The van der Waals surface area contributed by atoms with Gasteiger partial charge in [-0.1, -0.05) is 0 Å². The summed E-state index contributed by atoms with van der Waals surface area (Å²) >= 11 is 1.87. The molecule has 0 spiro atoms. The highest BCUT2D eigenvalue weighted by Gasteiger charge is 2.24. The second-order valence-electron chi connectivity index (χ2n) is 7.00. The quantitative estimate of drug-likeness (QED) is 0.789. The summed E-state index contributed by atoms with van der Waals surface area (Å²) in [6.45, 7) is 4.09. The number of ether oxygens (including phenoxy) is 2. The average molecular weight is 388 g/mol. The van der Waals surface area contributed by atoms with Gasteiger partial charge in [0.1, 0.15) is 16.5 Å². The van der Waals surface area contributed by atoms with E-state index in [1.165, 1.54) is 28.4 Å². The molecule has 1 fully saturated rings. The van der Waals surface area contributed by atoms with Crippen molar-refractivity contribution in [3.8, 4) is 11.5 Å². The summed E-state index contributed by atoms with van der Waals surface area (Å²) in [6.07, 6.45) is 3.59. The number of thiazole rings is 1. The van der Waals surface area contributed by atoms with Crippen LogP contribution in [0.1, 0.15) is 32.4 Å². The zero-order chi connectivity index (χ0) is 18.8. The van der Waals surface area contributed by atoms with Gasteiger partial charge in [0.2, 0.25) is 0 Å². The molecule has 0 bridgehead atoms. The van der Waals surface area contributed by atoms with Crippen LogP contribution in [0.25, 0.3) is 0 Å². The number of aromatic nitrogens is 1. The Kier molecular flexibility index (Phi) is 5.31. The van der Waals surface area contributed by atoms with E-state index in [4.69, 9.17) is 14.5 Å². The van der Waals surface area contributed by atoms with Gasteiger partial charge >= 0.3 is 0 Å². The van der Waals surface area contributed by atoms with Gasteiger partial charge in [0.25, 0.3) is 5.91 Å². The van der Waals surface area contributed by atoms with Crippen molar-refractivity contribution in [3.05, 3.63) is 39.3 Å². The molecule has 0 N–H and O–H groups in total. The van der Waals surface area contributed by atoms with E-state index in [1.54, 1.807) is 32.4 Å². The third kappa shape index (κ3) is 3.94. The molecule has 1 aliphatic heterocycles. The second-order valence-corrected chi connectivity index (χ2v) is 8.17. The van der Waals surface area contributed by atoms with Crippen molar-refractivity contribution in [3.63, 3.8) is 0 Å². The molecular formula is C20H25N3O3S. The topological polar surface area (TPSA) is 54.9 Å². The van der Waals surface area contributed by atoms with Crippen LogP contribution >= 0.6 is 11.3 Å². The molecule has 1 aliphatic carbocycles. The Bertz CT molecular complexity index is 784. The van der Waals surface area contributed by atoms with Crippen LogP contribution in [0.3, 0.4) is 0 Å². The summed E-state index contributed by atoms with van der Waals surface area (Å²) < 4.78 is 10.6. The molecular weight excluding hydrogens is 362 g/mol. The SMILES string of the molecule is COc1cc(OC)cc(C(=O)N2CCN(Cc3nc4c(s3)CCC4)CC2)c1. The fourth-order valence-corrected chi connectivity index (χ4v) is 4.92. The van der Waals surface area contributed by atoms with E-state index >= 15 is 0 Å². The maximum absolute atomic E-state index is 12.9. The van der Waals surface area contributed by atoms with E-state index in [0.717, 1.165) is 39.1 Å². The highest BCUT2D eigenvalue weighted by atomic mass is 32.1. The standard InChI is InChI=1S/C20H25N3O3S/c1-25-15-10-14(11-16(12-15)26-2)20(24)23-8-6-22(7-9-23)13-19-21-17-4-3-5-18(17)27-19/h10-12H,3-9,13H2,1-2H3. The summed E-state index contributed by atoms with van der Waals surface area (Å²) in [5, 5.41) is 1.22. The molecule has 0 radical (unpaired) electrons. The molecule has 4 rings (SSSR count). The van der Waals surface area contributed by atoms with Crippen molar-refractivity contribution in [2.24, 2.45) is 0 Å². The van der Waals surface area contributed by atoms with Crippen LogP contribution in [0.15, 0.2) is 18.2 Å². The number of nitrogens with zero attached hydrogens (tertiary/aromatic N) is 3. The fraction of sp³-hybridized carbons (Fsp3) is 0.500. The molecule has 0 saturated carbocycles. The van der Waals surface area contributed by atoms with Crippen LogP contribution in [0.2, 0.25) is 0 Å². The van der Waals surface area contributed by atoms with Crippen LogP contribution in [0, 0.1) is 0 Å². The second kappa shape index (κ2) is 7.86. The number of aryl methyl sites for hydroxylation is 2. The number of carbonyl (C=O) groups excluding carboxylic acids is 1. The summed E-state index contributed by atoms with van der Waals surface area (Å²) in [5.41, 5.74) is 1.92. The molecule has 1 amide bonds. The lowest BCUT2D eigenvalue weighted by Crippen LogP contribution is -2.48. The third-order valence-electron chi connectivity index (χ3n) is 5.26. The number of benzene rings is 1. The highest BCUT2D eigenvalue weighted by Crippen LogP contribution is 2.28. The summed E-state index contributed by atoms with van der Waals surface area (Å²) in [5.74, 6) is 1.29. The minimum atomic E-state index is 0.0278. The van der Waals surface area contributed by atoms with E-state index in [2.05, 4.69) is 4.90 Å². The van der Waals surface area contributed by atoms with Gasteiger partial charge in [-0.3, -0.25) is 9.69 Å². The van der Waals surface area contributed by atoms with Crippen molar-refractivity contribution < 1.29 is 14.3 Å². The molecule has 144 valence electrons. The first-order valence-corrected chi connectivity index (χ1v) is 10.2. The van der Waals surface area contributed by atoms with Gasteiger partial charge in [-0.15, -0.1) is 11.3 Å². The normalized spacial score (nSPS) is 17.0. The Morgan fingerprint density at radius 2 is 1.78 bits per heavy atom. The highest BCUT2D eigenvalue weighted by molar-refractivity contribution is 7.11. The van der Waals surface area contributed by atoms with Crippen molar-refractivity contribution >= 4 is 17.2 Å². The molecule has 2 aliphatic rings. The lowest BCUT2D eigenvalue weighted by molar-refractivity contribution is 0.0627. The summed E-state index contributed by atoms with van der Waals surface area (Å²) in [4.78, 5) is 23.5. The number of carbonyl (C=O) groups is 1. The maximum atomic E-state index is 12.9. The maximum Gasteiger partial charge on any atom is 0.254 e. The Morgan fingerprint density at radius 1 is 1.07 bits per heavy atom. The van der Waals surface area contributed by atoms with Crippen LogP contribution in [0.4, 0.5) is 0 Å². The molecule has 1 saturated heterocycles. The van der Waals surface area contributed by atoms with Gasteiger partial charge in [0.15, 0.2) is 0 Å². The molecule has 0 unspecified atom stereocenters. The number of hydrogen-bond acceptors (Lipinski definition) is 6. The molecule has 2 aromatic rings. The van der Waals surface area contributed by atoms with Crippen molar-refractivity contribution in [2.75, 3.05) is 40.4 Å².